The molecule has 0 saturated carbocycles. The highest BCUT2D eigenvalue weighted by molar-refractivity contribution is 7.10. The normalized spacial score (nSPS) is 12.8. The number of furan rings is 1. The van der Waals surface area contributed by atoms with Crippen molar-refractivity contribution in [3.8, 4) is 0 Å². The number of nitrogens with zero attached hydrogens (tertiary/aromatic N) is 2. The molecule has 150 valence electrons. The number of thiophene rings is 1. The van der Waals surface area contributed by atoms with E-state index in [1.165, 1.54) is 6.26 Å². The molecule has 1 aromatic carbocycles. The van der Waals surface area contributed by atoms with Gasteiger partial charge in [-0.1, -0.05) is 0 Å². The lowest BCUT2D eigenvalue weighted by Gasteiger charge is -2.21. The zero-order valence-electron chi connectivity index (χ0n) is 16.3. The van der Waals surface area contributed by atoms with E-state index in [1.54, 1.807) is 41.7 Å². The number of nitrogens with one attached hydrogen (secondary N) is 1. The van der Waals surface area contributed by atoms with E-state index in [4.69, 9.17) is 4.42 Å². The van der Waals surface area contributed by atoms with E-state index in [2.05, 4.69) is 9.88 Å². The molecule has 1 aliphatic heterocycles. The van der Waals surface area contributed by atoms with Gasteiger partial charge in [0.05, 0.1) is 25.0 Å². The molecule has 3 aromatic heterocycles. The van der Waals surface area contributed by atoms with Crippen molar-refractivity contribution >= 4 is 34.5 Å². The molecule has 30 heavy (non-hydrogen) atoms. The van der Waals surface area contributed by atoms with Crippen molar-refractivity contribution < 1.29 is 14.0 Å². The lowest BCUT2D eigenvalue weighted by atomic mass is 10.1. The van der Waals surface area contributed by atoms with E-state index < -0.39 is 0 Å². The Kier molecular flexibility index (Phi) is 4.52. The van der Waals surface area contributed by atoms with Crippen LogP contribution >= 0.6 is 11.3 Å². The number of fused-ring (bicyclic) bond motifs is 2. The van der Waals surface area contributed by atoms with E-state index in [0.717, 1.165) is 28.4 Å². The molecule has 0 saturated heterocycles. The third-order valence-electron chi connectivity index (χ3n) is 5.27. The molecule has 5 rings (SSSR count). The minimum atomic E-state index is -0.312. The van der Waals surface area contributed by atoms with Crippen molar-refractivity contribution in [1.29, 1.82) is 0 Å². The predicted octanol–water partition coefficient (Wildman–Crippen LogP) is 4.91. The fraction of sp³-hybridized carbons (Fsp3) is 0.130. The number of anilines is 2. The molecule has 0 unspecified atom stereocenters. The van der Waals surface area contributed by atoms with Crippen LogP contribution in [0.3, 0.4) is 0 Å². The molecule has 4 aromatic rings. The number of benzene rings is 1. The van der Waals surface area contributed by atoms with Gasteiger partial charge in [-0.2, -0.15) is 0 Å². The number of aryl methyl sites for hydroxylation is 1. The topological polar surface area (TPSA) is 67.5 Å². The van der Waals surface area contributed by atoms with Crippen LogP contribution in [0.4, 0.5) is 11.4 Å². The van der Waals surface area contributed by atoms with Gasteiger partial charge in [-0.25, -0.2) is 0 Å². The van der Waals surface area contributed by atoms with Crippen LogP contribution in [0.1, 0.15) is 37.0 Å². The Morgan fingerprint density at radius 3 is 2.67 bits per heavy atom. The largest absolute Gasteiger partial charge is 0.459 e. The molecular formula is C23H19N3O3S. The van der Waals surface area contributed by atoms with Crippen molar-refractivity contribution in [3.63, 3.8) is 0 Å². The maximum Gasteiger partial charge on any atom is 0.291 e. The Bertz CT molecular complexity index is 1230. The average Bonchev–Trinajstić information content (AvgIpc) is 3.47. The standard InChI is InChI=1S/C23H19N3O3S/c1-15-8-11-29-21(15)22(27)24-17-6-4-16(5-7-17)23(28)26-13-18-3-2-10-25(18)14-20-19(26)9-12-30-20/h2-12H,13-14H2,1H3,(H,24,27). The van der Waals surface area contributed by atoms with Crippen LogP contribution in [0.25, 0.3) is 0 Å². The maximum absolute atomic E-state index is 13.3. The molecule has 0 atom stereocenters. The summed E-state index contributed by atoms with van der Waals surface area (Å²) >= 11 is 1.66. The summed E-state index contributed by atoms with van der Waals surface area (Å²) in [6, 6.07) is 14.8. The molecule has 4 heterocycles. The quantitative estimate of drug-likeness (QED) is 0.515. The summed E-state index contributed by atoms with van der Waals surface area (Å²) in [4.78, 5) is 28.6. The smallest absolute Gasteiger partial charge is 0.291 e. The van der Waals surface area contributed by atoms with Gasteiger partial charge < -0.3 is 19.2 Å². The fourth-order valence-corrected chi connectivity index (χ4v) is 4.54. The first kappa shape index (κ1) is 18.4. The first-order valence-corrected chi connectivity index (χ1v) is 10.5. The minimum Gasteiger partial charge on any atom is -0.459 e. The molecule has 0 radical (unpaired) electrons. The fourth-order valence-electron chi connectivity index (χ4n) is 3.67. The van der Waals surface area contributed by atoms with Crippen LogP contribution in [0, 0.1) is 6.92 Å². The number of rotatable bonds is 3. The first-order chi connectivity index (χ1) is 14.6. The van der Waals surface area contributed by atoms with E-state index in [1.807, 2.05) is 41.6 Å². The summed E-state index contributed by atoms with van der Waals surface area (Å²) in [5, 5.41) is 4.83. The highest BCUT2D eigenvalue weighted by Crippen LogP contribution is 2.33. The van der Waals surface area contributed by atoms with Crippen LogP contribution in [-0.4, -0.2) is 16.4 Å². The Labute approximate surface area is 177 Å². The minimum absolute atomic E-state index is 0.0657. The number of hydrogen-bond donors (Lipinski definition) is 1. The summed E-state index contributed by atoms with van der Waals surface area (Å²) in [6.07, 6.45) is 3.54. The Morgan fingerprint density at radius 1 is 1.07 bits per heavy atom. The second kappa shape index (κ2) is 7.35. The zero-order chi connectivity index (χ0) is 20.7. The second-order valence-corrected chi connectivity index (χ2v) is 8.21. The van der Waals surface area contributed by atoms with Crippen molar-refractivity contribution in [1.82, 2.24) is 4.57 Å². The molecule has 0 aliphatic carbocycles. The van der Waals surface area contributed by atoms with Crippen molar-refractivity contribution in [2.75, 3.05) is 10.2 Å². The van der Waals surface area contributed by atoms with Gasteiger partial charge in [0.2, 0.25) is 0 Å². The lowest BCUT2D eigenvalue weighted by Crippen LogP contribution is -2.30. The molecule has 0 spiro atoms. The lowest BCUT2D eigenvalue weighted by molar-refractivity contribution is 0.0982. The number of aromatic nitrogens is 1. The predicted molar refractivity (Wildman–Crippen MR) is 116 cm³/mol. The summed E-state index contributed by atoms with van der Waals surface area (Å²) < 4.78 is 7.40. The Hall–Kier alpha value is -3.58. The maximum atomic E-state index is 13.3. The van der Waals surface area contributed by atoms with Gasteiger partial charge in [-0.15, -0.1) is 11.3 Å². The van der Waals surface area contributed by atoms with Crippen LogP contribution in [0.5, 0.6) is 0 Å². The van der Waals surface area contributed by atoms with E-state index in [0.29, 0.717) is 17.8 Å². The second-order valence-electron chi connectivity index (χ2n) is 7.21. The molecule has 0 fully saturated rings. The third kappa shape index (κ3) is 3.23. The number of hydrogen-bond acceptors (Lipinski definition) is 4. The van der Waals surface area contributed by atoms with Gasteiger partial charge in [-0.3, -0.25) is 9.59 Å². The summed E-state index contributed by atoms with van der Waals surface area (Å²) in [7, 11) is 0. The van der Waals surface area contributed by atoms with Gasteiger partial charge in [0.25, 0.3) is 11.8 Å². The van der Waals surface area contributed by atoms with E-state index >= 15 is 0 Å². The molecule has 6 nitrogen and oxygen atoms in total. The van der Waals surface area contributed by atoms with Gasteiger partial charge in [0, 0.05) is 33.6 Å². The van der Waals surface area contributed by atoms with Gasteiger partial charge in [-0.05, 0) is 60.8 Å². The molecule has 2 amide bonds. The third-order valence-corrected chi connectivity index (χ3v) is 6.17. The molecule has 1 N–H and O–H groups in total. The van der Waals surface area contributed by atoms with Crippen LogP contribution in [0.2, 0.25) is 0 Å². The van der Waals surface area contributed by atoms with Gasteiger partial charge in [0.15, 0.2) is 5.76 Å². The van der Waals surface area contributed by atoms with Crippen molar-refractivity contribution in [3.05, 3.63) is 93.8 Å². The van der Waals surface area contributed by atoms with Crippen LogP contribution in [-0.2, 0) is 13.1 Å². The average molecular weight is 417 g/mol. The number of carbonyl (C=O) groups is 2. The molecule has 1 aliphatic rings. The van der Waals surface area contributed by atoms with Crippen LogP contribution < -0.4 is 10.2 Å². The first-order valence-electron chi connectivity index (χ1n) is 9.58. The Morgan fingerprint density at radius 2 is 1.90 bits per heavy atom. The molecule has 7 heteroatoms. The summed E-state index contributed by atoms with van der Waals surface area (Å²) in [6.45, 7) is 3.11. The molecular weight excluding hydrogens is 398 g/mol. The molecule has 0 bridgehead atoms. The number of carbonyl (C=O) groups excluding carboxylic acids is 2. The summed E-state index contributed by atoms with van der Waals surface area (Å²) in [5.41, 5.74) is 4.01. The van der Waals surface area contributed by atoms with Gasteiger partial charge >= 0.3 is 0 Å². The monoisotopic (exact) mass is 417 g/mol. The van der Waals surface area contributed by atoms with E-state index in [-0.39, 0.29) is 17.6 Å². The zero-order valence-corrected chi connectivity index (χ0v) is 17.1. The summed E-state index contributed by atoms with van der Waals surface area (Å²) in [5.74, 6) is -0.0930. The van der Waals surface area contributed by atoms with Crippen LogP contribution in [0.15, 0.2) is 70.8 Å². The highest BCUT2D eigenvalue weighted by Gasteiger charge is 2.25. The number of amides is 2. The van der Waals surface area contributed by atoms with Crippen molar-refractivity contribution in [2.45, 2.75) is 20.0 Å². The SMILES string of the molecule is Cc1ccoc1C(=O)Nc1ccc(C(=O)N2Cc3cccn3Cc3sccc32)cc1. The highest BCUT2D eigenvalue weighted by atomic mass is 32.1. The van der Waals surface area contributed by atoms with Gasteiger partial charge in [0.1, 0.15) is 0 Å². The van der Waals surface area contributed by atoms with E-state index in [9.17, 15) is 9.59 Å². The Balaban J connectivity index is 1.38. The van der Waals surface area contributed by atoms with Crippen molar-refractivity contribution in [2.24, 2.45) is 0 Å².